The minimum Gasteiger partial charge on any atom is -0.344 e. The molecule has 1 saturated heterocycles. The number of nitrogens with zero attached hydrogens (tertiary/aromatic N) is 3. The van der Waals surface area contributed by atoms with Crippen molar-refractivity contribution in [1.29, 1.82) is 0 Å². The third-order valence-electron chi connectivity index (χ3n) is 4.01. The fraction of sp³-hybridized carbons (Fsp3) is 0.357. The van der Waals surface area contributed by atoms with Crippen LogP contribution in [0, 0.1) is 5.92 Å². The third kappa shape index (κ3) is 2.96. The van der Waals surface area contributed by atoms with Crippen LogP contribution in [0.25, 0.3) is 0 Å². The Morgan fingerprint density at radius 3 is 2.71 bits per heavy atom. The Balaban J connectivity index is 1.95. The van der Waals surface area contributed by atoms with Gasteiger partial charge in [-0.3, -0.25) is 14.3 Å². The molecule has 24 heavy (non-hydrogen) atoms. The molecule has 0 aliphatic carbocycles. The molecule has 2 aromatic heterocycles. The number of carbonyl (C=O) groups excluding carboxylic acids is 2. The molecule has 128 valence electrons. The number of nitrogens with one attached hydrogen (secondary N) is 1. The van der Waals surface area contributed by atoms with Crippen molar-refractivity contribution in [2.24, 2.45) is 13.0 Å². The first-order valence-electron chi connectivity index (χ1n) is 6.98. The second kappa shape index (κ2) is 6.67. The zero-order chi connectivity index (χ0) is 17.6. The summed E-state index contributed by atoms with van der Waals surface area (Å²) in [5, 5.41) is 9.12. The predicted octanol–water partition coefficient (Wildman–Crippen LogP) is 3.36. The molecule has 0 bridgehead atoms. The van der Waals surface area contributed by atoms with Crippen LogP contribution in [0.1, 0.15) is 11.5 Å². The largest absolute Gasteiger partial charge is 0.344 e. The zero-order valence-electron chi connectivity index (χ0n) is 12.7. The van der Waals surface area contributed by atoms with Crippen LogP contribution in [0.2, 0.25) is 9.49 Å². The number of amides is 2. The summed E-state index contributed by atoms with van der Waals surface area (Å²) in [4.78, 5) is 26.8. The van der Waals surface area contributed by atoms with E-state index in [2.05, 4.69) is 26.3 Å². The maximum Gasteiger partial charge on any atom is 0.237 e. The van der Waals surface area contributed by atoms with Crippen LogP contribution in [0.3, 0.4) is 0 Å². The first-order chi connectivity index (χ1) is 11.3. The number of likely N-dealkylation sites (N-methyl/N-ethyl adjacent to an activating group) is 1. The fourth-order valence-electron chi connectivity index (χ4n) is 2.84. The van der Waals surface area contributed by atoms with Crippen molar-refractivity contribution in [3.8, 4) is 0 Å². The summed E-state index contributed by atoms with van der Waals surface area (Å²) < 4.78 is 2.52. The highest BCUT2D eigenvalue weighted by Gasteiger charge is 2.46. The lowest BCUT2D eigenvalue weighted by Crippen LogP contribution is -2.32. The van der Waals surface area contributed by atoms with E-state index in [9.17, 15) is 9.59 Å². The summed E-state index contributed by atoms with van der Waals surface area (Å²) in [5.41, 5.74) is 1.16. The number of anilines is 1. The van der Waals surface area contributed by atoms with Gasteiger partial charge in [0.1, 0.15) is 20.0 Å². The summed E-state index contributed by atoms with van der Waals surface area (Å²) in [6.45, 7) is 0.387. The molecule has 0 spiro atoms. The highest BCUT2D eigenvalue weighted by atomic mass is 79.9. The van der Waals surface area contributed by atoms with Crippen molar-refractivity contribution in [3.63, 3.8) is 0 Å². The van der Waals surface area contributed by atoms with E-state index in [0.717, 1.165) is 0 Å². The molecule has 0 aromatic carbocycles. The Morgan fingerprint density at radius 1 is 1.46 bits per heavy atom. The summed E-state index contributed by atoms with van der Waals surface area (Å²) in [7, 11) is 3.37. The zero-order valence-corrected chi connectivity index (χ0v) is 16.6. The van der Waals surface area contributed by atoms with Gasteiger partial charge in [0.2, 0.25) is 11.8 Å². The second-order valence-electron chi connectivity index (χ2n) is 5.52. The molecule has 2 aromatic rings. The van der Waals surface area contributed by atoms with Crippen LogP contribution in [-0.2, 0) is 16.6 Å². The van der Waals surface area contributed by atoms with Crippen LogP contribution in [0.15, 0.2) is 16.0 Å². The molecule has 0 radical (unpaired) electrons. The quantitative estimate of drug-likeness (QED) is 0.727. The van der Waals surface area contributed by atoms with E-state index < -0.39 is 17.7 Å². The lowest BCUT2D eigenvalue weighted by atomic mass is 9.89. The van der Waals surface area contributed by atoms with Gasteiger partial charge in [-0.1, -0.05) is 23.2 Å². The average molecular weight is 452 g/mol. The van der Waals surface area contributed by atoms with E-state index in [1.165, 1.54) is 20.9 Å². The molecule has 1 fully saturated rings. The second-order valence-corrected chi connectivity index (χ2v) is 8.15. The Kier molecular flexibility index (Phi) is 4.92. The molecule has 1 aliphatic rings. The van der Waals surface area contributed by atoms with Gasteiger partial charge in [0.25, 0.3) is 0 Å². The SMILES string of the molecule is CN1C[C@H](c2c(Br)nn(C)c2Cl)[C@@H](C(=O)Nc2ccsc2Cl)C1=O. The number of aryl methyl sites for hydroxylation is 1. The monoisotopic (exact) mass is 450 g/mol. The van der Waals surface area contributed by atoms with Gasteiger partial charge in [0.15, 0.2) is 0 Å². The minimum absolute atomic E-state index is 0.254. The summed E-state index contributed by atoms with van der Waals surface area (Å²) >= 11 is 17.0. The highest BCUT2D eigenvalue weighted by molar-refractivity contribution is 9.10. The van der Waals surface area contributed by atoms with Gasteiger partial charge < -0.3 is 10.2 Å². The molecule has 1 aliphatic heterocycles. The lowest BCUT2D eigenvalue weighted by molar-refractivity contribution is -0.135. The molecule has 10 heteroatoms. The van der Waals surface area contributed by atoms with Crippen LogP contribution in [-0.4, -0.2) is 40.1 Å². The molecule has 3 rings (SSSR count). The first-order valence-corrected chi connectivity index (χ1v) is 9.40. The van der Waals surface area contributed by atoms with E-state index in [-0.39, 0.29) is 5.91 Å². The van der Waals surface area contributed by atoms with Crippen LogP contribution >= 0.6 is 50.5 Å². The van der Waals surface area contributed by atoms with E-state index in [1.54, 1.807) is 25.5 Å². The number of rotatable bonds is 3. The Bertz CT molecular complexity index is 822. The van der Waals surface area contributed by atoms with Gasteiger partial charge in [-0.05, 0) is 27.4 Å². The number of thiophene rings is 1. The molecule has 0 unspecified atom stereocenters. The van der Waals surface area contributed by atoms with Gasteiger partial charge in [0.05, 0.1) is 5.69 Å². The number of hydrogen-bond donors (Lipinski definition) is 1. The maximum absolute atomic E-state index is 12.7. The van der Waals surface area contributed by atoms with Gasteiger partial charge in [-0.25, -0.2) is 0 Å². The standard InChI is InChI=1S/C14H13BrCl2N4O2S/c1-20-5-6(8-10(15)19-21(2)11(8)16)9(14(20)23)13(22)18-7-3-4-24-12(7)17/h3-4,6,9H,5H2,1-2H3,(H,18,22)/t6-,9+/m1/s1. The third-order valence-corrected chi connectivity index (χ3v) is 6.21. The van der Waals surface area contributed by atoms with E-state index in [0.29, 0.717) is 31.9 Å². The Hall–Kier alpha value is -1.09. The van der Waals surface area contributed by atoms with Crippen molar-refractivity contribution < 1.29 is 9.59 Å². The fourth-order valence-corrected chi connectivity index (χ4v) is 4.78. The molecule has 2 atom stereocenters. The van der Waals surface area contributed by atoms with Gasteiger partial charge >= 0.3 is 0 Å². The number of halogens is 3. The van der Waals surface area contributed by atoms with Crippen LogP contribution in [0.5, 0.6) is 0 Å². The average Bonchev–Trinajstić information content (AvgIpc) is 3.11. The molecular formula is C14H13BrCl2N4O2S. The van der Waals surface area contributed by atoms with E-state index >= 15 is 0 Å². The smallest absolute Gasteiger partial charge is 0.237 e. The summed E-state index contributed by atoms with van der Waals surface area (Å²) in [6.07, 6.45) is 0. The van der Waals surface area contributed by atoms with Gasteiger partial charge in [-0.2, -0.15) is 5.10 Å². The molecular weight excluding hydrogens is 439 g/mol. The number of carbonyl (C=O) groups is 2. The van der Waals surface area contributed by atoms with Crippen molar-refractivity contribution >= 4 is 68.0 Å². The predicted molar refractivity (Wildman–Crippen MR) is 97.7 cm³/mol. The lowest BCUT2D eigenvalue weighted by Gasteiger charge is -2.16. The number of hydrogen-bond acceptors (Lipinski definition) is 4. The van der Waals surface area contributed by atoms with Gasteiger partial charge in [-0.15, -0.1) is 11.3 Å². The maximum atomic E-state index is 12.7. The number of aromatic nitrogens is 2. The molecule has 6 nitrogen and oxygen atoms in total. The molecule has 1 N–H and O–H groups in total. The highest BCUT2D eigenvalue weighted by Crippen LogP contribution is 2.41. The van der Waals surface area contributed by atoms with Crippen LogP contribution in [0.4, 0.5) is 5.69 Å². The van der Waals surface area contributed by atoms with E-state index in [1.807, 2.05) is 0 Å². The number of likely N-dealkylation sites (tertiary alicyclic amines) is 1. The van der Waals surface area contributed by atoms with Crippen molar-refractivity contribution in [2.75, 3.05) is 18.9 Å². The Labute approximate surface area is 160 Å². The summed E-state index contributed by atoms with van der Waals surface area (Å²) in [5.74, 6) is -1.93. The first kappa shape index (κ1) is 17.7. The van der Waals surface area contributed by atoms with Crippen molar-refractivity contribution in [3.05, 3.63) is 31.1 Å². The normalized spacial score (nSPS) is 20.7. The Morgan fingerprint density at radius 2 is 2.17 bits per heavy atom. The van der Waals surface area contributed by atoms with Crippen molar-refractivity contribution in [1.82, 2.24) is 14.7 Å². The molecule has 3 heterocycles. The van der Waals surface area contributed by atoms with Crippen LogP contribution < -0.4 is 5.32 Å². The minimum atomic E-state index is -0.885. The van der Waals surface area contributed by atoms with Crippen molar-refractivity contribution in [2.45, 2.75) is 5.92 Å². The summed E-state index contributed by atoms with van der Waals surface area (Å²) in [6, 6.07) is 1.70. The topological polar surface area (TPSA) is 67.2 Å². The van der Waals surface area contributed by atoms with E-state index in [4.69, 9.17) is 23.2 Å². The van der Waals surface area contributed by atoms with Gasteiger partial charge in [0, 0.05) is 32.1 Å². The molecule has 2 amide bonds. The molecule has 0 saturated carbocycles.